The number of amides is 2. The smallest absolute Gasteiger partial charge is 0.244 e. The van der Waals surface area contributed by atoms with Gasteiger partial charge >= 0.3 is 0 Å². The molecule has 0 aliphatic carbocycles. The van der Waals surface area contributed by atoms with Crippen LogP contribution in [0.1, 0.15) is 38.3 Å². The lowest BCUT2D eigenvalue weighted by Gasteiger charge is -2.32. The number of nitrogens with zero attached hydrogens (tertiary/aromatic N) is 2. The van der Waals surface area contributed by atoms with E-state index >= 15 is 0 Å². The molecule has 10 heteroatoms. The van der Waals surface area contributed by atoms with Crippen LogP contribution < -0.4 is 9.62 Å². The zero-order valence-corrected chi connectivity index (χ0v) is 22.3. The summed E-state index contributed by atoms with van der Waals surface area (Å²) in [6.07, 6.45) is 1.76. The highest BCUT2D eigenvalue weighted by molar-refractivity contribution is 7.92. The summed E-state index contributed by atoms with van der Waals surface area (Å²) in [5.41, 5.74) is 1.69. The van der Waals surface area contributed by atoms with E-state index in [0.717, 1.165) is 22.5 Å². The molecule has 0 saturated carbocycles. The van der Waals surface area contributed by atoms with Gasteiger partial charge in [-0.05, 0) is 57.0 Å². The Balaban J connectivity index is 2.45. The van der Waals surface area contributed by atoms with Crippen molar-refractivity contribution in [2.45, 2.75) is 52.7 Å². The molecule has 2 atom stereocenters. The molecule has 2 aromatic rings. The van der Waals surface area contributed by atoms with Crippen LogP contribution in [0.15, 0.2) is 42.5 Å². The summed E-state index contributed by atoms with van der Waals surface area (Å²) in [6.45, 7) is 6.69. The van der Waals surface area contributed by atoms with Crippen molar-refractivity contribution in [3.63, 3.8) is 0 Å². The van der Waals surface area contributed by atoms with Crippen LogP contribution in [0.2, 0.25) is 10.0 Å². The third-order valence-electron chi connectivity index (χ3n) is 5.53. The molecule has 0 heterocycles. The third kappa shape index (κ3) is 7.35. The molecule has 1 N–H and O–H groups in total. The summed E-state index contributed by atoms with van der Waals surface area (Å²) < 4.78 is 26.2. The summed E-state index contributed by atoms with van der Waals surface area (Å²) in [4.78, 5) is 27.8. The van der Waals surface area contributed by atoms with Gasteiger partial charge in [0.1, 0.15) is 12.6 Å². The first-order valence-electron chi connectivity index (χ1n) is 10.9. The summed E-state index contributed by atoms with van der Waals surface area (Å²) >= 11 is 12.7. The normalized spacial score (nSPS) is 13.1. The minimum absolute atomic E-state index is 0.0577. The van der Waals surface area contributed by atoms with Crippen LogP contribution in [0.3, 0.4) is 0 Å². The quantitative estimate of drug-likeness (QED) is 0.495. The zero-order chi connectivity index (χ0) is 25.6. The van der Waals surface area contributed by atoms with Crippen molar-refractivity contribution in [2.75, 3.05) is 17.1 Å². The van der Waals surface area contributed by atoms with Crippen molar-refractivity contribution in [3.8, 4) is 0 Å². The Hall–Kier alpha value is -2.29. The predicted molar refractivity (Wildman–Crippen MR) is 138 cm³/mol. The van der Waals surface area contributed by atoms with E-state index < -0.39 is 28.5 Å². The topological polar surface area (TPSA) is 86.8 Å². The number of carbonyl (C=O) groups excluding carboxylic acids is 2. The van der Waals surface area contributed by atoms with Gasteiger partial charge in [-0.25, -0.2) is 8.42 Å². The Labute approximate surface area is 212 Å². The van der Waals surface area contributed by atoms with Crippen LogP contribution in [0.4, 0.5) is 5.69 Å². The molecule has 0 aromatic heterocycles. The molecule has 7 nitrogen and oxygen atoms in total. The molecular formula is C24H31Cl2N3O4S. The predicted octanol–water partition coefficient (Wildman–Crippen LogP) is 4.40. The molecule has 2 rings (SSSR count). The van der Waals surface area contributed by atoms with Gasteiger partial charge in [0.2, 0.25) is 21.8 Å². The highest BCUT2D eigenvalue weighted by Crippen LogP contribution is 2.27. The van der Waals surface area contributed by atoms with Gasteiger partial charge in [0, 0.05) is 28.2 Å². The first-order chi connectivity index (χ1) is 15.8. The molecule has 186 valence electrons. The molecule has 0 aliphatic heterocycles. The van der Waals surface area contributed by atoms with Crippen LogP contribution in [-0.4, -0.2) is 50.0 Å². The standard InChI is InChI=1S/C24H31Cl2N3O4S/c1-6-17(3)27-24(31)18(4)28(14-20-21(25)11-8-12-22(20)26)23(30)15-29(34(5,32)33)19-10-7-9-16(2)13-19/h7-13,17-18H,6,14-15H2,1-5H3,(H,27,31)/t17-,18-/m1/s1. The van der Waals surface area contributed by atoms with E-state index in [0.29, 0.717) is 21.3 Å². The molecule has 0 radical (unpaired) electrons. The van der Waals surface area contributed by atoms with Crippen molar-refractivity contribution in [1.82, 2.24) is 10.2 Å². The molecule has 0 bridgehead atoms. The average Bonchev–Trinajstić information content (AvgIpc) is 2.75. The van der Waals surface area contributed by atoms with Gasteiger partial charge in [0.15, 0.2) is 0 Å². The Morgan fingerprint density at radius 3 is 2.18 bits per heavy atom. The maximum Gasteiger partial charge on any atom is 0.244 e. The first-order valence-corrected chi connectivity index (χ1v) is 13.5. The van der Waals surface area contributed by atoms with Crippen LogP contribution in [0.5, 0.6) is 0 Å². The monoisotopic (exact) mass is 527 g/mol. The number of rotatable bonds is 10. The van der Waals surface area contributed by atoms with Crippen molar-refractivity contribution in [3.05, 3.63) is 63.6 Å². The number of hydrogen-bond donors (Lipinski definition) is 1. The molecular weight excluding hydrogens is 497 g/mol. The van der Waals surface area contributed by atoms with E-state index in [9.17, 15) is 18.0 Å². The van der Waals surface area contributed by atoms with Crippen LogP contribution in [0, 0.1) is 6.92 Å². The number of aryl methyl sites for hydroxylation is 1. The van der Waals surface area contributed by atoms with Gasteiger partial charge in [-0.2, -0.15) is 0 Å². The fourth-order valence-corrected chi connectivity index (χ4v) is 4.66. The van der Waals surface area contributed by atoms with Gasteiger partial charge in [0.05, 0.1) is 11.9 Å². The Morgan fingerprint density at radius 2 is 1.65 bits per heavy atom. The van der Waals surface area contributed by atoms with Gasteiger partial charge < -0.3 is 10.2 Å². The molecule has 2 amide bonds. The number of sulfonamides is 1. The minimum Gasteiger partial charge on any atom is -0.352 e. The molecule has 2 aromatic carbocycles. The minimum atomic E-state index is -3.79. The molecule has 0 aliphatic rings. The van der Waals surface area contributed by atoms with E-state index in [-0.39, 0.29) is 18.5 Å². The van der Waals surface area contributed by atoms with E-state index in [4.69, 9.17) is 23.2 Å². The number of carbonyl (C=O) groups is 2. The Morgan fingerprint density at radius 1 is 1.06 bits per heavy atom. The lowest BCUT2D eigenvalue weighted by molar-refractivity contribution is -0.139. The number of hydrogen-bond acceptors (Lipinski definition) is 4. The fraction of sp³-hybridized carbons (Fsp3) is 0.417. The van der Waals surface area contributed by atoms with Crippen molar-refractivity contribution < 1.29 is 18.0 Å². The maximum absolute atomic E-state index is 13.5. The second-order valence-corrected chi connectivity index (χ2v) is 11.0. The summed E-state index contributed by atoms with van der Waals surface area (Å²) in [7, 11) is -3.79. The van der Waals surface area contributed by atoms with E-state index in [1.807, 2.05) is 26.8 Å². The number of benzene rings is 2. The average molecular weight is 529 g/mol. The second kappa shape index (κ2) is 11.9. The summed E-state index contributed by atoms with van der Waals surface area (Å²) in [5.74, 6) is -0.915. The number of halogens is 2. The fourth-order valence-electron chi connectivity index (χ4n) is 3.30. The second-order valence-electron chi connectivity index (χ2n) is 8.32. The van der Waals surface area contributed by atoms with Crippen molar-refractivity contribution in [2.24, 2.45) is 0 Å². The van der Waals surface area contributed by atoms with Gasteiger partial charge in [-0.1, -0.05) is 48.3 Å². The molecule has 0 fully saturated rings. The highest BCUT2D eigenvalue weighted by atomic mass is 35.5. The first kappa shape index (κ1) is 28.0. The maximum atomic E-state index is 13.5. The Bertz CT molecular complexity index is 1120. The van der Waals surface area contributed by atoms with Crippen molar-refractivity contribution in [1.29, 1.82) is 0 Å². The summed E-state index contributed by atoms with van der Waals surface area (Å²) in [6, 6.07) is 10.8. The largest absolute Gasteiger partial charge is 0.352 e. The van der Waals surface area contributed by atoms with E-state index in [1.54, 1.807) is 43.3 Å². The van der Waals surface area contributed by atoms with Gasteiger partial charge in [0.25, 0.3) is 0 Å². The Kier molecular flexibility index (Phi) is 9.79. The van der Waals surface area contributed by atoms with Gasteiger partial charge in [-0.3, -0.25) is 13.9 Å². The van der Waals surface area contributed by atoms with Crippen LogP contribution >= 0.6 is 23.2 Å². The molecule has 0 unspecified atom stereocenters. The summed E-state index contributed by atoms with van der Waals surface area (Å²) in [5, 5.41) is 3.56. The lowest BCUT2D eigenvalue weighted by Crippen LogP contribution is -2.52. The zero-order valence-electron chi connectivity index (χ0n) is 20.0. The van der Waals surface area contributed by atoms with Gasteiger partial charge in [-0.15, -0.1) is 0 Å². The highest BCUT2D eigenvalue weighted by Gasteiger charge is 2.31. The van der Waals surface area contributed by atoms with Crippen molar-refractivity contribution >= 4 is 50.7 Å². The van der Waals surface area contributed by atoms with Crippen LogP contribution in [-0.2, 0) is 26.2 Å². The number of anilines is 1. The van der Waals surface area contributed by atoms with E-state index in [1.165, 1.54) is 4.90 Å². The van der Waals surface area contributed by atoms with Crippen LogP contribution in [0.25, 0.3) is 0 Å². The molecule has 34 heavy (non-hydrogen) atoms. The SMILES string of the molecule is CC[C@@H](C)NC(=O)[C@@H](C)N(Cc1c(Cl)cccc1Cl)C(=O)CN(c1cccc(C)c1)S(C)(=O)=O. The molecule has 0 spiro atoms. The van der Waals surface area contributed by atoms with E-state index in [2.05, 4.69) is 5.32 Å². The number of nitrogens with one attached hydrogen (secondary N) is 1. The molecule has 0 saturated heterocycles. The third-order valence-corrected chi connectivity index (χ3v) is 7.38. The lowest BCUT2D eigenvalue weighted by atomic mass is 10.1.